The molecule has 2 rings (SSSR count). The Balaban J connectivity index is 0.000000347. The van der Waals surface area contributed by atoms with Gasteiger partial charge in [-0.2, -0.15) is 0 Å². The van der Waals surface area contributed by atoms with Crippen LogP contribution in [0.2, 0.25) is 0 Å². The lowest BCUT2D eigenvalue weighted by molar-refractivity contribution is -0.671. The summed E-state index contributed by atoms with van der Waals surface area (Å²) in [7, 11) is -3.98. The molecule has 1 aromatic heterocycles. The molecule has 0 bridgehead atoms. The molecule has 0 aliphatic carbocycles. The SMILES string of the molecule is C[n+]1ccn(Cc2ccc(CN)cc2)c1.F[B-](F)(F)F. The zero-order valence-electron chi connectivity index (χ0n) is 11.0. The van der Waals surface area contributed by atoms with E-state index in [2.05, 4.69) is 41.4 Å². The summed E-state index contributed by atoms with van der Waals surface area (Å²) in [6.45, 7) is 1.52. The number of imidazole rings is 1. The van der Waals surface area contributed by atoms with Crippen molar-refractivity contribution in [3.63, 3.8) is 0 Å². The minimum absolute atomic E-state index is 0.610. The number of nitrogens with zero attached hydrogens (tertiary/aromatic N) is 2. The molecule has 0 fully saturated rings. The Morgan fingerprint density at radius 1 is 1.10 bits per heavy atom. The second-order valence-electron chi connectivity index (χ2n) is 4.27. The van der Waals surface area contributed by atoms with Crippen molar-refractivity contribution in [2.75, 3.05) is 0 Å². The maximum Gasteiger partial charge on any atom is 0.673 e. The number of halogens is 4. The minimum Gasteiger partial charge on any atom is -0.418 e. The predicted molar refractivity (Wildman–Crippen MR) is 69.2 cm³/mol. The number of nitrogens with two attached hydrogens (primary N) is 1. The molecule has 0 aliphatic heterocycles. The van der Waals surface area contributed by atoms with Gasteiger partial charge in [-0.3, -0.25) is 0 Å². The molecule has 0 atom stereocenters. The van der Waals surface area contributed by atoms with Gasteiger partial charge >= 0.3 is 7.25 Å². The lowest BCUT2D eigenvalue weighted by atomic mass is 10.1. The highest BCUT2D eigenvalue weighted by Gasteiger charge is 2.20. The van der Waals surface area contributed by atoms with E-state index < -0.39 is 7.25 Å². The van der Waals surface area contributed by atoms with Crippen molar-refractivity contribution in [1.29, 1.82) is 0 Å². The van der Waals surface area contributed by atoms with Gasteiger partial charge in [0.25, 0.3) is 0 Å². The highest BCUT2D eigenvalue weighted by atomic mass is 19.5. The van der Waals surface area contributed by atoms with Crippen LogP contribution in [0.15, 0.2) is 43.0 Å². The van der Waals surface area contributed by atoms with Gasteiger partial charge in [-0.15, -0.1) is 0 Å². The summed E-state index contributed by atoms with van der Waals surface area (Å²) in [6.07, 6.45) is 6.17. The Labute approximate surface area is 114 Å². The van der Waals surface area contributed by atoms with Crippen molar-refractivity contribution in [3.05, 3.63) is 54.1 Å². The van der Waals surface area contributed by atoms with E-state index in [4.69, 9.17) is 5.73 Å². The molecule has 0 aliphatic rings. The van der Waals surface area contributed by atoms with Crippen molar-refractivity contribution in [2.24, 2.45) is 12.8 Å². The van der Waals surface area contributed by atoms with Crippen molar-refractivity contribution in [2.45, 2.75) is 13.1 Å². The second kappa shape index (κ2) is 7.09. The van der Waals surface area contributed by atoms with Gasteiger partial charge in [-0.25, -0.2) is 9.13 Å². The zero-order valence-corrected chi connectivity index (χ0v) is 11.0. The van der Waals surface area contributed by atoms with Crippen LogP contribution in [0.1, 0.15) is 11.1 Å². The molecule has 20 heavy (non-hydrogen) atoms. The summed E-state index contributed by atoms with van der Waals surface area (Å²) < 4.78 is 43.2. The fraction of sp³-hybridized carbons (Fsp3) is 0.250. The van der Waals surface area contributed by atoms with E-state index in [0.717, 1.165) is 6.54 Å². The van der Waals surface area contributed by atoms with Crippen LogP contribution in [-0.2, 0) is 20.1 Å². The Hall–Kier alpha value is -1.83. The van der Waals surface area contributed by atoms with Crippen LogP contribution in [0.4, 0.5) is 17.3 Å². The van der Waals surface area contributed by atoms with Gasteiger partial charge in [-0.05, 0) is 11.1 Å². The largest absolute Gasteiger partial charge is 0.673 e. The quantitative estimate of drug-likeness (QED) is 0.524. The molecule has 0 saturated heterocycles. The molecule has 3 nitrogen and oxygen atoms in total. The van der Waals surface area contributed by atoms with Crippen molar-refractivity contribution < 1.29 is 21.8 Å². The number of aromatic nitrogens is 2. The van der Waals surface area contributed by atoms with Crippen LogP contribution >= 0.6 is 0 Å². The van der Waals surface area contributed by atoms with Crippen molar-refractivity contribution >= 4 is 7.25 Å². The monoisotopic (exact) mass is 289 g/mol. The van der Waals surface area contributed by atoms with E-state index in [1.165, 1.54) is 11.1 Å². The van der Waals surface area contributed by atoms with Gasteiger partial charge in [0, 0.05) is 6.54 Å². The average Bonchev–Trinajstić information content (AvgIpc) is 2.74. The molecule has 0 saturated carbocycles. The fourth-order valence-electron chi connectivity index (χ4n) is 1.59. The molecule has 0 unspecified atom stereocenters. The maximum absolute atomic E-state index is 9.75. The number of hydrogen-bond acceptors (Lipinski definition) is 1. The molecule has 1 aromatic carbocycles. The van der Waals surface area contributed by atoms with E-state index in [0.29, 0.717) is 6.54 Å². The Morgan fingerprint density at radius 2 is 1.60 bits per heavy atom. The van der Waals surface area contributed by atoms with Crippen molar-refractivity contribution in [3.8, 4) is 0 Å². The van der Waals surface area contributed by atoms with Crippen LogP contribution in [0.3, 0.4) is 0 Å². The average molecular weight is 289 g/mol. The molecular weight excluding hydrogens is 273 g/mol. The zero-order chi connectivity index (χ0) is 15.2. The third-order valence-electron chi connectivity index (χ3n) is 2.45. The number of benzene rings is 1. The Bertz CT molecular complexity index is 516. The smallest absolute Gasteiger partial charge is 0.418 e. The predicted octanol–water partition coefficient (Wildman–Crippen LogP) is 2.12. The lowest BCUT2D eigenvalue weighted by Gasteiger charge is -1.99. The van der Waals surface area contributed by atoms with Gasteiger partial charge in [0.2, 0.25) is 6.33 Å². The van der Waals surface area contributed by atoms with Gasteiger partial charge in [0.1, 0.15) is 18.9 Å². The summed E-state index contributed by atoms with van der Waals surface area (Å²) in [5.41, 5.74) is 8.02. The van der Waals surface area contributed by atoms with Gasteiger partial charge in [0.15, 0.2) is 0 Å². The van der Waals surface area contributed by atoms with Crippen LogP contribution in [-0.4, -0.2) is 11.8 Å². The summed E-state index contributed by atoms with van der Waals surface area (Å²) >= 11 is 0. The molecule has 1 heterocycles. The first-order chi connectivity index (χ1) is 9.28. The van der Waals surface area contributed by atoms with Gasteiger partial charge in [0.05, 0.1) is 7.05 Å². The first-order valence-electron chi connectivity index (χ1n) is 5.94. The molecule has 2 N–H and O–H groups in total. The lowest BCUT2D eigenvalue weighted by Crippen LogP contribution is -2.23. The van der Waals surface area contributed by atoms with Crippen molar-refractivity contribution in [1.82, 2.24) is 4.57 Å². The summed E-state index contributed by atoms with van der Waals surface area (Å²) in [5, 5.41) is 0. The van der Waals surface area contributed by atoms with Gasteiger partial charge < -0.3 is 23.0 Å². The van der Waals surface area contributed by atoms with Crippen LogP contribution in [0.5, 0.6) is 0 Å². The first-order valence-corrected chi connectivity index (χ1v) is 5.94. The van der Waals surface area contributed by atoms with E-state index in [9.17, 15) is 17.3 Å². The molecule has 0 spiro atoms. The highest BCUT2D eigenvalue weighted by molar-refractivity contribution is 6.50. The number of rotatable bonds is 3. The fourth-order valence-corrected chi connectivity index (χ4v) is 1.59. The molecule has 2 aromatic rings. The van der Waals surface area contributed by atoms with E-state index in [1.54, 1.807) is 0 Å². The summed E-state index contributed by atoms with van der Waals surface area (Å²) in [6, 6.07) is 8.42. The standard InChI is InChI=1S/C12H16N3.BF4/c1-14-6-7-15(10-14)9-12-4-2-11(8-13)3-5-12;2-1(3,4)5/h2-7,10H,8-9,13H2,1H3;/q+1;-1. The highest BCUT2D eigenvalue weighted by Crippen LogP contribution is 2.06. The molecule has 8 heteroatoms. The van der Waals surface area contributed by atoms with Crippen LogP contribution in [0.25, 0.3) is 0 Å². The number of hydrogen-bond donors (Lipinski definition) is 1. The molecule has 0 radical (unpaired) electrons. The molecular formula is C12H16BF4N3. The molecule has 0 amide bonds. The second-order valence-corrected chi connectivity index (χ2v) is 4.27. The number of aryl methyl sites for hydroxylation is 1. The summed E-state index contributed by atoms with van der Waals surface area (Å²) in [5.74, 6) is 0. The van der Waals surface area contributed by atoms with E-state index in [-0.39, 0.29) is 0 Å². The first kappa shape index (κ1) is 16.2. The van der Waals surface area contributed by atoms with E-state index in [1.807, 2.05) is 17.8 Å². The maximum atomic E-state index is 9.75. The summed E-state index contributed by atoms with van der Waals surface area (Å²) in [4.78, 5) is 0. The Morgan fingerprint density at radius 3 is 2.00 bits per heavy atom. The third-order valence-corrected chi connectivity index (χ3v) is 2.45. The minimum atomic E-state index is -6.00. The third kappa shape index (κ3) is 6.94. The van der Waals surface area contributed by atoms with Crippen LogP contribution < -0.4 is 10.3 Å². The van der Waals surface area contributed by atoms with E-state index >= 15 is 0 Å². The Kier molecular flexibility index (Phi) is 5.75. The normalized spacial score (nSPS) is 10.9. The topological polar surface area (TPSA) is 34.8 Å². The van der Waals surface area contributed by atoms with Crippen LogP contribution in [0, 0.1) is 0 Å². The molecule has 110 valence electrons. The van der Waals surface area contributed by atoms with Gasteiger partial charge in [-0.1, -0.05) is 24.3 Å².